The van der Waals surface area contributed by atoms with Gasteiger partial charge in [0.2, 0.25) is 0 Å². The molecule has 6 heteroatoms. The van der Waals surface area contributed by atoms with Gasteiger partial charge < -0.3 is 9.53 Å². The minimum atomic E-state index is -1.72. The molecule has 1 rings (SSSR count). The summed E-state index contributed by atoms with van der Waals surface area (Å²) in [4.78, 5) is 0. The first-order valence-electron chi connectivity index (χ1n) is 8.20. The number of alkyl halides is 1. The van der Waals surface area contributed by atoms with Crippen LogP contribution >= 0.6 is 35.1 Å². The summed E-state index contributed by atoms with van der Waals surface area (Å²) < 4.78 is 6.50. The van der Waals surface area contributed by atoms with Crippen LogP contribution in [0.4, 0.5) is 0 Å². The standard InChI is InChI=1S/C16H33ClO2S2Si/c1-13(12-19-22(5,6)15(2,3)4)16(10-14(18)11-17)20-8-7-9-21-16/h13-14,18H,7-12H2,1-6H3/t13-,14-/m0/s1. The number of aliphatic hydroxyl groups is 1. The molecule has 0 aromatic rings. The van der Waals surface area contributed by atoms with Crippen molar-refractivity contribution in [3.8, 4) is 0 Å². The van der Waals surface area contributed by atoms with E-state index in [1.807, 2.05) is 23.5 Å². The Morgan fingerprint density at radius 3 is 2.27 bits per heavy atom. The lowest BCUT2D eigenvalue weighted by atomic mass is 10.0. The molecule has 0 unspecified atom stereocenters. The van der Waals surface area contributed by atoms with E-state index in [-0.39, 0.29) is 9.12 Å². The normalized spacial score (nSPS) is 22.4. The molecule has 22 heavy (non-hydrogen) atoms. The molecule has 0 aliphatic carbocycles. The SMILES string of the molecule is C[C@@H](CO[Si](C)(C)C(C)(C)C)C1(C[C@H](O)CCl)SCCCS1. The summed E-state index contributed by atoms with van der Waals surface area (Å²) in [5.74, 6) is 3.08. The van der Waals surface area contributed by atoms with E-state index in [2.05, 4.69) is 40.8 Å². The van der Waals surface area contributed by atoms with Gasteiger partial charge in [-0.3, -0.25) is 0 Å². The van der Waals surface area contributed by atoms with Crippen LogP contribution in [0.25, 0.3) is 0 Å². The van der Waals surface area contributed by atoms with Crippen LogP contribution < -0.4 is 0 Å². The van der Waals surface area contributed by atoms with Crippen LogP contribution in [0.3, 0.4) is 0 Å². The number of aliphatic hydroxyl groups excluding tert-OH is 1. The molecule has 0 spiro atoms. The Labute approximate surface area is 151 Å². The predicted molar refractivity (Wildman–Crippen MR) is 106 cm³/mol. The Balaban J connectivity index is 2.74. The van der Waals surface area contributed by atoms with Crippen LogP contribution in [0.2, 0.25) is 18.1 Å². The second-order valence-corrected chi connectivity index (χ2v) is 16.1. The highest BCUT2D eigenvalue weighted by Crippen LogP contribution is 2.51. The summed E-state index contributed by atoms with van der Waals surface area (Å²) in [6.45, 7) is 14.5. The quantitative estimate of drug-likeness (QED) is 0.482. The summed E-state index contributed by atoms with van der Waals surface area (Å²) in [7, 11) is -1.72. The summed E-state index contributed by atoms with van der Waals surface area (Å²) in [6, 6.07) is 0. The number of thioether (sulfide) groups is 2. The minimum Gasteiger partial charge on any atom is -0.416 e. The van der Waals surface area contributed by atoms with Crippen LogP contribution in [-0.2, 0) is 4.43 Å². The van der Waals surface area contributed by atoms with E-state index in [0.717, 1.165) is 13.0 Å². The van der Waals surface area contributed by atoms with E-state index < -0.39 is 14.4 Å². The zero-order chi connectivity index (χ0) is 17.0. The fourth-order valence-corrected chi connectivity index (χ4v) is 7.07. The number of hydrogen-bond donors (Lipinski definition) is 1. The van der Waals surface area contributed by atoms with Crippen LogP contribution in [-0.4, -0.2) is 47.6 Å². The molecule has 0 bridgehead atoms. The van der Waals surface area contributed by atoms with Gasteiger partial charge in [0.1, 0.15) is 0 Å². The highest BCUT2D eigenvalue weighted by molar-refractivity contribution is 8.18. The summed E-state index contributed by atoms with van der Waals surface area (Å²) in [5, 5.41) is 10.3. The molecule has 2 nitrogen and oxygen atoms in total. The van der Waals surface area contributed by atoms with Crippen molar-refractivity contribution < 1.29 is 9.53 Å². The van der Waals surface area contributed by atoms with E-state index in [9.17, 15) is 5.11 Å². The smallest absolute Gasteiger partial charge is 0.191 e. The van der Waals surface area contributed by atoms with Crippen LogP contribution in [0, 0.1) is 5.92 Å². The molecule has 0 aromatic heterocycles. The lowest BCUT2D eigenvalue weighted by molar-refractivity contribution is 0.160. The molecule has 1 fully saturated rings. The first-order chi connectivity index (χ1) is 10.0. The molecule has 132 valence electrons. The molecule has 1 heterocycles. The summed E-state index contributed by atoms with van der Waals surface area (Å²) >= 11 is 9.86. The Morgan fingerprint density at radius 2 is 1.82 bits per heavy atom. The Kier molecular flexibility index (Phi) is 8.16. The number of rotatable bonds is 7. The van der Waals surface area contributed by atoms with Crippen molar-refractivity contribution >= 4 is 43.4 Å². The van der Waals surface area contributed by atoms with Crippen LogP contribution in [0.5, 0.6) is 0 Å². The van der Waals surface area contributed by atoms with Gasteiger partial charge in [0.25, 0.3) is 0 Å². The summed E-state index contributed by atoms with van der Waals surface area (Å²) in [6.07, 6.45) is 1.59. The van der Waals surface area contributed by atoms with E-state index in [1.165, 1.54) is 17.9 Å². The third-order valence-corrected chi connectivity index (χ3v) is 13.6. The molecular weight excluding hydrogens is 352 g/mol. The first kappa shape index (κ1) is 21.2. The zero-order valence-electron chi connectivity index (χ0n) is 14.9. The molecular formula is C16H33ClO2S2Si. The Bertz CT molecular complexity index is 342. The monoisotopic (exact) mass is 384 g/mol. The molecule has 0 aromatic carbocycles. The van der Waals surface area contributed by atoms with Gasteiger partial charge in [0.15, 0.2) is 8.32 Å². The van der Waals surface area contributed by atoms with E-state index >= 15 is 0 Å². The van der Waals surface area contributed by atoms with E-state index in [1.54, 1.807) is 0 Å². The van der Waals surface area contributed by atoms with Crippen molar-refractivity contribution in [2.45, 2.75) is 68.9 Å². The second-order valence-electron chi connectivity index (χ2n) is 7.85. The van der Waals surface area contributed by atoms with Crippen molar-refractivity contribution in [2.75, 3.05) is 24.0 Å². The molecule has 0 amide bonds. The van der Waals surface area contributed by atoms with Crippen LogP contribution in [0.15, 0.2) is 0 Å². The predicted octanol–water partition coefficient (Wildman–Crippen LogP) is 5.20. The fourth-order valence-electron chi connectivity index (χ4n) is 2.25. The lowest BCUT2D eigenvalue weighted by Crippen LogP contribution is -2.45. The molecule has 1 aliphatic rings. The molecule has 0 radical (unpaired) electrons. The maximum absolute atomic E-state index is 10.1. The largest absolute Gasteiger partial charge is 0.416 e. The van der Waals surface area contributed by atoms with Crippen molar-refractivity contribution in [3.63, 3.8) is 0 Å². The van der Waals surface area contributed by atoms with Gasteiger partial charge in [-0.25, -0.2) is 0 Å². The van der Waals surface area contributed by atoms with Crippen molar-refractivity contribution in [2.24, 2.45) is 5.92 Å². The van der Waals surface area contributed by atoms with Gasteiger partial charge in [-0.05, 0) is 42.5 Å². The van der Waals surface area contributed by atoms with Gasteiger partial charge in [-0.1, -0.05) is 27.7 Å². The zero-order valence-corrected chi connectivity index (χ0v) is 18.3. The average Bonchev–Trinajstić information content (AvgIpc) is 2.44. The van der Waals surface area contributed by atoms with Crippen molar-refractivity contribution in [1.82, 2.24) is 0 Å². The highest BCUT2D eigenvalue weighted by Gasteiger charge is 2.43. The number of halogens is 1. The van der Waals surface area contributed by atoms with Crippen LogP contribution in [0.1, 0.15) is 40.5 Å². The lowest BCUT2D eigenvalue weighted by Gasteiger charge is -2.44. The van der Waals surface area contributed by atoms with Crippen molar-refractivity contribution in [3.05, 3.63) is 0 Å². The molecule has 0 saturated carbocycles. The molecule has 1 saturated heterocycles. The molecule has 1 N–H and O–H groups in total. The maximum atomic E-state index is 10.1. The molecule has 1 aliphatic heterocycles. The van der Waals surface area contributed by atoms with E-state index in [0.29, 0.717) is 11.8 Å². The third kappa shape index (κ3) is 5.59. The van der Waals surface area contributed by atoms with Gasteiger partial charge in [0.05, 0.1) is 10.2 Å². The average molecular weight is 385 g/mol. The van der Waals surface area contributed by atoms with Gasteiger partial charge in [-0.15, -0.1) is 35.1 Å². The van der Waals surface area contributed by atoms with Gasteiger partial charge in [-0.2, -0.15) is 0 Å². The topological polar surface area (TPSA) is 29.5 Å². The van der Waals surface area contributed by atoms with Gasteiger partial charge in [0, 0.05) is 18.4 Å². The minimum absolute atomic E-state index is 0.0505. The first-order valence-corrected chi connectivity index (χ1v) is 13.6. The Hall–Kier alpha value is 1.13. The van der Waals surface area contributed by atoms with Crippen molar-refractivity contribution in [1.29, 1.82) is 0 Å². The maximum Gasteiger partial charge on any atom is 0.191 e. The number of hydrogen-bond acceptors (Lipinski definition) is 4. The highest BCUT2D eigenvalue weighted by atomic mass is 35.5. The summed E-state index contributed by atoms with van der Waals surface area (Å²) in [5.41, 5.74) is 0. The second kappa shape index (κ2) is 8.48. The third-order valence-electron chi connectivity index (χ3n) is 4.93. The molecule has 2 atom stereocenters. The Morgan fingerprint density at radius 1 is 1.27 bits per heavy atom. The fraction of sp³-hybridized carbons (Fsp3) is 1.00. The van der Waals surface area contributed by atoms with Gasteiger partial charge >= 0.3 is 0 Å². The van der Waals surface area contributed by atoms with E-state index in [4.69, 9.17) is 16.0 Å².